The van der Waals surface area contributed by atoms with Gasteiger partial charge < -0.3 is 31.0 Å². The number of aromatic nitrogens is 2. The Morgan fingerprint density at radius 1 is 1.15 bits per heavy atom. The summed E-state index contributed by atoms with van der Waals surface area (Å²) in [5.74, 6) is -1.09. The van der Waals surface area contributed by atoms with Crippen molar-refractivity contribution in [3.05, 3.63) is 35.3 Å². The Morgan fingerprint density at radius 2 is 1.85 bits per heavy atom. The summed E-state index contributed by atoms with van der Waals surface area (Å²) in [6.07, 6.45) is 0. The van der Waals surface area contributed by atoms with Gasteiger partial charge in [0.2, 0.25) is 11.7 Å². The average Bonchev–Trinajstić information content (AvgIpc) is 2.70. The topological polar surface area (TPSA) is 118 Å². The van der Waals surface area contributed by atoms with Crippen LogP contribution in [0.4, 0.5) is 17.5 Å². The van der Waals surface area contributed by atoms with Crippen LogP contribution in [0.5, 0.6) is 17.2 Å². The first kappa shape index (κ1) is 11.3. The van der Waals surface area contributed by atoms with Gasteiger partial charge in [-0.25, -0.2) is 4.98 Å². The lowest BCUT2D eigenvalue weighted by atomic mass is 10.0. The molecule has 2 aromatic carbocycles. The Morgan fingerprint density at radius 3 is 2.48 bits per heavy atom. The highest BCUT2D eigenvalue weighted by molar-refractivity contribution is 5.92. The van der Waals surface area contributed by atoms with E-state index in [1.165, 1.54) is 26.4 Å². The molecule has 8 heteroatoms. The van der Waals surface area contributed by atoms with E-state index in [4.69, 9.17) is 35.3 Å². The Hall–Kier alpha value is -3.42. The highest BCUT2D eigenvalue weighted by Crippen LogP contribution is 2.40. The number of benzene rings is 2. The molecule has 142 valence electrons. The third kappa shape index (κ3) is 3.46. The van der Waals surface area contributed by atoms with Gasteiger partial charge in [-0.1, -0.05) is 6.07 Å². The number of rotatable bonds is 6. The maximum atomic E-state index is 8.66. The summed E-state index contributed by atoms with van der Waals surface area (Å²) < 4.78 is 71.5. The molecule has 5 N–H and O–H groups in total. The van der Waals surface area contributed by atoms with Crippen LogP contribution < -0.4 is 31.0 Å². The van der Waals surface area contributed by atoms with Crippen molar-refractivity contribution in [1.29, 1.82) is 0 Å². The molecule has 0 spiro atoms. The van der Waals surface area contributed by atoms with E-state index in [-0.39, 0.29) is 34.5 Å². The molecule has 0 saturated heterocycles. The quantitative estimate of drug-likeness (QED) is 0.601. The second-order valence-electron chi connectivity index (χ2n) is 5.47. The number of fused-ring (bicyclic) bond motifs is 1. The maximum Gasteiger partial charge on any atom is 0.222 e. The van der Waals surface area contributed by atoms with E-state index in [0.29, 0.717) is 16.5 Å². The summed E-state index contributed by atoms with van der Waals surface area (Å²) in [6.45, 7) is -0.704. The smallest absolute Gasteiger partial charge is 0.222 e. The number of nitrogens with two attached hydrogens (primary N) is 2. The van der Waals surface area contributed by atoms with Gasteiger partial charge in [0, 0.05) is 29.7 Å². The summed E-state index contributed by atoms with van der Waals surface area (Å²) >= 11 is 0. The van der Waals surface area contributed by atoms with Crippen molar-refractivity contribution < 1.29 is 23.8 Å². The normalized spacial score (nSPS) is 15.4. The number of anilines is 3. The first-order valence-electron chi connectivity index (χ1n) is 11.3. The highest BCUT2D eigenvalue weighted by Gasteiger charge is 2.14. The van der Waals surface area contributed by atoms with Gasteiger partial charge in [0.15, 0.2) is 11.5 Å². The van der Waals surface area contributed by atoms with Crippen molar-refractivity contribution in [1.82, 2.24) is 9.97 Å². The Bertz CT molecular complexity index is 1240. The molecule has 8 nitrogen and oxygen atoms in total. The van der Waals surface area contributed by atoms with Crippen molar-refractivity contribution >= 4 is 28.4 Å². The summed E-state index contributed by atoms with van der Waals surface area (Å²) in [7, 11) is -0.539. The van der Waals surface area contributed by atoms with E-state index in [0.717, 1.165) is 0 Å². The molecule has 3 aromatic rings. The van der Waals surface area contributed by atoms with Crippen LogP contribution in [0, 0.1) is 6.92 Å². The highest BCUT2D eigenvalue weighted by atomic mass is 16.5. The minimum Gasteiger partial charge on any atom is -0.493 e. The number of ether oxygens (including phenoxy) is 3. The molecule has 0 aliphatic heterocycles. The molecular weight excluding hydrogens is 346 g/mol. The molecule has 1 aromatic heterocycles. The first-order valence-corrected chi connectivity index (χ1v) is 7.77. The third-order valence-corrected chi connectivity index (χ3v) is 3.89. The summed E-state index contributed by atoms with van der Waals surface area (Å²) in [5, 5.41) is 2.95. The zero-order valence-corrected chi connectivity index (χ0v) is 14.9. The largest absolute Gasteiger partial charge is 0.493 e. The fourth-order valence-corrected chi connectivity index (χ4v) is 2.62. The van der Waals surface area contributed by atoms with Gasteiger partial charge in [-0.15, -0.1) is 0 Å². The summed E-state index contributed by atoms with van der Waals surface area (Å²) in [5.41, 5.74) is 12.3. The van der Waals surface area contributed by atoms with Crippen LogP contribution in [-0.4, -0.2) is 31.2 Å². The van der Waals surface area contributed by atoms with Gasteiger partial charge in [-0.3, -0.25) is 0 Å². The number of methoxy groups -OCH3 is 3. The molecular formula is C19H23N5O3. The third-order valence-electron chi connectivity index (χ3n) is 3.89. The van der Waals surface area contributed by atoms with Gasteiger partial charge in [0.1, 0.15) is 5.82 Å². The van der Waals surface area contributed by atoms with Gasteiger partial charge in [-0.2, -0.15) is 4.98 Å². The molecule has 3 rings (SSSR count). The van der Waals surface area contributed by atoms with Crippen LogP contribution in [0.3, 0.4) is 0 Å². The monoisotopic (exact) mass is 376 g/mol. The molecule has 0 atom stereocenters. The number of nitrogens with one attached hydrogen (secondary N) is 1. The number of nitrogens with zero attached hydrogens (tertiary/aromatic N) is 2. The van der Waals surface area contributed by atoms with Crippen molar-refractivity contribution in [2.45, 2.75) is 13.4 Å². The first-order chi connectivity index (χ1) is 15.7. The van der Waals surface area contributed by atoms with Crippen LogP contribution in [0.2, 0.25) is 0 Å². The molecule has 0 saturated carbocycles. The van der Waals surface area contributed by atoms with Gasteiger partial charge in [0.25, 0.3) is 0 Å². The molecule has 27 heavy (non-hydrogen) atoms. The molecule has 0 aliphatic carbocycles. The van der Waals surface area contributed by atoms with E-state index in [1.807, 2.05) is 0 Å². The van der Waals surface area contributed by atoms with E-state index in [2.05, 4.69) is 15.3 Å². The zero-order chi connectivity index (χ0) is 25.6. The standard InChI is InChI=1S/C19H23N5O3/c1-10-11(5-6-13-16(10)18(20)24-19(21)23-13)9-22-12-7-14(25-2)17(27-4)15(8-12)26-3/h5-8,22H,9H2,1-4H3,(H4,20,21,23,24)/i4D3,7D,8D,9D2. The Balaban J connectivity index is 2.18. The predicted octanol–water partition coefficient (Wildman–Crippen LogP) is 2.74. The zero-order valence-electron chi connectivity index (χ0n) is 21.9. The van der Waals surface area contributed by atoms with E-state index in [9.17, 15) is 0 Å². The number of nitrogen functional groups attached to an aromatic ring is 2. The summed E-state index contributed by atoms with van der Waals surface area (Å²) in [6, 6.07) is 2.02. The molecule has 1 heterocycles. The molecule has 0 fully saturated rings. The predicted molar refractivity (Wildman–Crippen MR) is 107 cm³/mol. The fraction of sp³-hybridized carbons (Fsp3) is 0.263. The second kappa shape index (κ2) is 7.45. The SMILES string of the molecule is [2H]c1c(NC([2H])([2H])c2ccc3nc(N)nc(N)c3c2C)c([2H])c(OC)c(OC([2H])([2H])[2H])c1OC. The minimum atomic E-state index is -2.91. The Kier molecular flexibility index (Phi) is 3.12. The van der Waals surface area contributed by atoms with Crippen LogP contribution in [0.25, 0.3) is 10.9 Å². The number of hydrogen-bond donors (Lipinski definition) is 3. The number of aryl methyl sites for hydroxylation is 1. The molecule has 0 amide bonds. The molecule has 0 bridgehead atoms. The lowest BCUT2D eigenvalue weighted by Gasteiger charge is -2.16. The molecule has 0 unspecified atom stereocenters. The lowest BCUT2D eigenvalue weighted by molar-refractivity contribution is 0.324. The van der Waals surface area contributed by atoms with E-state index < -0.39 is 31.4 Å². The van der Waals surface area contributed by atoms with Gasteiger partial charge in [0.05, 0.1) is 36.4 Å². The molecule has 0 radical (unpaired) electrons. The van der Waals surface area contributed by atoms with Crippen molar-refractivity contribution in [2.75, 3.05) is 38.0 Å². The van der Waals surface area contributed by atoms with E-state index in [1.54, 1.807) is 6.92 Å². The van der Waals surface area contributed by atoms with Crippen molar-refractivity contribution in [2.24, 2.45) is 0 Å². The second-order valence-corrected chi connectivity index (χ2v) is 5.47. The molecule has 0 aliphatic rings. The maximum absolute atomic E-state index is 8.66. The summed E-state index contributed by atoms with van der Waals surface area (Å²) in [4.78, 5) is 8.04. The lowest BCUT2D eigenvalue weighted by Crippen LogP contribution is -2.06. The van der Waals surface area contributed by atoms with E-state index >= 15 is 0 Å². The van der Waals surface area contributed by atoms with Gasteiger partial charge >= 0.3 is 0 Å². The van der Waals surface area contributed by atoms with Crippen LogP contribution >= 0.6 is 0 Å². The van der Waals surface area contributed by atoms with Crippen LogP contribution in [0.1, 0.15) is 20.7 Å². The van der Waals surface area contributed by atoms with Crippen LogP contribution in [-0.2, 0) is 6.50 Å². The van der Waals surface area contributed by atoms with Crippen molar-refractivity contribution in [3.63, 3.8) is 0 Å². The number of hydrogen-bond acceptors (Lipinski definition) is 8. The van der Waals surface area contributed by atoms with Gasteiger partial charge in [-0.05, 0) is 24.1 Å². The Labute approximate surface area is 167 Å². The fourth-order valence-electron chi connectivity index (χ4n) is 2.62. The van der Waals surface area contributed by atoms with Crippen molar-refractivity contribution in [3.8, 4) is 17.2 Å². The average molecular weight is 376 g/mol. The van der Waals surface area contributed by atoms with Crippen LogP contribution in [0.15, 0.2) is 24.2 Å². The minimum absolute atomic E-state index is 0.0189.